The van der Waals surface area contributed by atoms with Crippen LogP contribution in [0.25, 0.3) is 10.8 Å². The van der Waals surface area contributed by atoms with Crippen LogP contribution in [0.15, 0.2) is 59.5 Å². The van der Waals surface area contributed by atoms with Gasteiger partial charge in [0.1, 0.15) is 5.75 Å². The molecule has 0 spiro atoms. The minimum Gasteiger partial charge on any atom is -0.505 e. The van der Waals surface area contributed by atoms with Gasteiger partial charge in [0.2, 0.25) is 5.91 Å². The number of phenolic OH excluding ortho intramolecular Hbond substituents is 1. The maximum atomic E-state index is 13.5. The number of rotatable bonds is 29. The molecule has 0 saturated heterocycles. The molecule has 0 bridgehead atoms. The van der Waals surface area contributed by atoms with Crippen molar-refractivity contribution in [1.29, 1.82) is 0 Å². The van der Waals surface area contributed by atoms with Crippen LogP contribution < -0.4 is 10.0 Å². The molecule has 0 aliphatic heterocycles. The SMILES string of the molecule is CCCCCCCCCCCCCCCC(=O)Nc1cc(NS(=O)(=O)c2ccc(CCCCCCCCCCCC)cc2)c2ccccc2c1O. The Hall–Kier alpha value is -3.06. The van der Waals surface area contributed by atoms with Gasteiger partial charge in [-0.3, -0.25) is 9.52 Å². The standard InChI is InChI=1S/C44H68N2O4S/c1-3-5-7-9-11-13-15-16-17-19-21-23-25-31-43(47)45-42-36-41(39-29-26-27-30-40(39)44(42)48)46-51(49,50)38-34-32-37(33-35-38)28-24-22-20-18-14-12-10-8-6-4-2/h26-27,29-30,32-36,46,48H,3-25,28,31H2,1-2H3,(H,45,47). The molecule has 0 aliphatic carbocycles. The molecule has 0 atom stereocenters. The molecule has 0 unspecified atom stereocenters. The minimum absolute atomic E-state index is 0.0661. The lowest BCUT2D eigenvalue weighted by Gasteiger charge is -2.16. The van der Waals surface area contributed by atoms with Gasteiger partial charge < -0.3 is 10.4 Å². The fourth-order valence-electron chi connectivity index (χ4n) is 6.91. The summed E-state index contributed by atoms with van der Waals surface area (Å²) < 4.78 is 29.7. The lowest BCUT2D eigenvalue weighted by Crippen LogP contribution is -2.15. The molecule has 284 valence electrons. The topological polar surface area (TPSA) is 95.5 Å². The number of benzene rings is 3. The van der Waals surface area contributed by atoms with Crippen LogP contribution in [-0.4, -0.2) is 19.4 Å². The van der Waals surface area contributed by atoms with Gasteiger partial charge in [-0.15, -0.1) is 0 Å². The highest BCUT2D eigenvalue weighted by Crippen LogP contribution is 2.39. The van der Waals surface area contributed by atoms with Crippen LogP contribution in [0.1, 0.15) is 174 Å². The van der Waals surface area contributed by atoms with Gasteiger partial charge in [-0.25, -0.2) is 8.42 Å². The van der Waals surface area contributed by atoms with Crippen molar-refractivity contribution in [1.82, 2.24) is 0 Å². The van der Waals surface area contributed by atoms with E-state index in [0.29, 0.717) is 22.9 Å². The molecule has 51 heavy (non-hydrogen) atoms. The highest BCUT2D eigenvalue weighted by molar-refractivity contribution is 7.92. The number of carbonyl (C=O) groups excluding carboxylic acids is 1. The van der Waals surface area contributed by atoms with Crippen LogP contribution >= 0.6 is 0 Å². The first-order valence-corrected chi connectivity index (χ1v) is 22.0. The van der Waals surface area contributed by atoms with Crippen LogP contribution in [0.3, 0.4) is 0 Å². The summed E-state index contributed by atoms with van der Waals surface area (Å²) in [5, 5.41) is 14.9. The number of sulfonamides is 1. The van der Waals surface area contributed by atoms with Crippen LogP contribution in [0.5, 0.6) is 5.75 Å². The summed E-state index contributed by atoms with van der Waals surface area (Å²) >= 11 is 0. The Morgan fingerprint density at radius 1 is 0.569 bits per heavy atom. The monoisotopic (exact) mass is 720 g/mol. The van der Waals surface area contributed by atoms with Crippen molar-refractivity contribution in [3.8, 4) is 5.75 Å². The summed E-state index contributed by atoms with van der Waals surface area (Å²) in [5.74, 6) is -0.251. The van der Waals surface area contributed by atoms with Gasteiger partial charge in [0.05, 0.1) is 16.3 Å². The Balaban J connectivity index is 1.45. The van der Waals surface area contributed by atoms with E-state index in [1.165, 1.54) is 128 Å². The molecular formula is C44H68N2O4S. The minimum atomic E-state index is -3.90. The number of unbranched alkanes of at least 4 members (excludes halogenated alkanes) is 21. The van der Waals surface area contributed by atoms with Crippen molar-refractivity contribution >= 4 is 38.1 Å². The summed E-state index contributed by atoms with van der Waals surface area (Å²) in [6.45, 7) is 4.51. The van der Waals surface area contributed by atoms with Crippen molar-refractivity contribution in [3.63, 3.8) is 0 Å². The second-order valence-corrected chi connectivity index (χ2v) is 16.3. The van der Waals surface area contributed by atoms with Crippen LogP contribution in [0.2, 0.25) is 0 Å². The highest BCUT2D eigenvalue weighted by Gasteiger charge is 2.19. The van der Waals surface area contributed by atoms with E-state index in [2.05, 4.69) is 23.9 Å². The molecule has 7 heteroatoms. The summed E-state index contributed by atoms with van der Waals surface area (Å²) in [4.78, 5) is 13.1. The van der Waals surface area contributed by atoms with Crippen molar-refractivity contribution < 1.29 is 18.3 Å². The first-order chi connectivity index (χ1) is 24.9. The van der Waals surface area contributed by atoms with Gasteiger partial charge in [0, 0.05) is 17.2 Å². The van der Waals surface area contributed by atoms with Crippen LogP contribution in [0, 0.1) is 0 Å². The Morgan fingerprint density at radius 2 is 1.02 bits per heavy atom. The number of hydrogen-bond donors (Lipinski definition) is 3. The molecule has 0 radical (unpaired) electrons. The number of phenols is 1. The van der Waals surface area contributed by atoms with Gasteiger partial charge in [-0.2, -0.15) is 0 Å². The number of aromatic hydroxyl groups is 1. The number of amides is 1. The Labute approximate surface area is 310 Å². The Bertz CT molecular complexity index is 1500. The number of nitrogens with one attached hydrogen (secondary N) is 2. The van der Waals surface area contributed by atoms with E-state index >= 15 is 0 Å². The quantitative estimate of drug-likeness (QED) is 0.0378. The van der Waals surface area contributed by atoms with E-state index in [4.69, 9.17) is 0 Å². The molecular weight excluding hydrogens is 653 g/mol. The third-order valence-electron chi connectivity index (χ3n) is 10.1. The Kier molecular flexibility index (Phi) is 20.8. The average molecular weight is 721 g/mol. The zero-order valence-electron chi connectivity index (χ0n) is 32.0. The third-order valence-corrected chi connectivity index (χ3v) is 11.5. The molecule has 0 fully saturated rings. The van der Waals surface area contributed by atoms with Crippen LogP contribution in [-0.2, 0) is 21.2 Å². The predicted octanol–water partition coefficient (Wildman–Crippen LogP) is 13.2. The first kappa shape index (κ1) is 42.4. The maximum Gasteiger partial charge on any atom is 0.261 e. The highest BCUT2D eigenvalue weighted by atomic mass is 32.2. The third kappa shape index (κ3) is 16.4. The van der Waals surface area contributed by atoms with E-state index in [9.17, 15) is 18.3 Å². The smallest absolute Gasteiger partial charge is 0.261 e. The van der Waals surface area contributed by atoms with Gasteiger partial charge in [-0.1, -0.05) is 185 Å². The maximum absolute atomic E-state index is 13.5. The number of carbonyl (C=O) groups is 1. The van der Waals surface area contributed by atoms with Gasteiger partial charge in [0.15, 0.2) is 0 Å². The lowest BCUT2D eigenvalue weighted by atomic mass is 10.0. The summed E-state index contributed by atoms with van der Waals surface area (Å²) in [6, 6.07) is 15.7. The molecule has 0 aliphatic rings. The molecule has 1 amide bonds. The lowest BCUT2D eigenvalue weighted by molar-refractivity contribution is -0.116. The number of hydrogen-bond acceptors (Lipinski definition) is 4. The van der Waals surface area contributed by atoms with Gasteiger partial charge in [0.25, 0.3) is 10.0 Å². The normalized spacial score (nSPS) is 11.6. The van der Waals surface area contributed by atoms with Crippen LogP contribution in [0.4, 0.5) is 11.4 Å². The molecule has 3 aromatic rings. The predicted molar refractivity (Wildman–Crippen MR) is 217 cm³/mol. The Morgan fingerprint density at radius 3 is 1.53 bits per heavy atom. The van der Waals surface area contributed by atoms with E-state index in [0.717, 1.165) is 37.7 Å². The molecule has 0 heterocycles. The van der Waals surface area contributed by atoms with Crippen molar-refractivity contribution in [2.24, 2.45) is 0 Å². The van der Waals surface area contributed by atoms with E-state index in [-0.39, 0.29) is 22.2 Å². The number of anilines is 2. The summed E-state index contributed by atoms with van der Waals surface area (Å²) in [6.07, 6.45) is 30.3. The van der Waals surface area contributed by atoms with Crippen molar-refractivity contribution in [2.75, 3.05) is 10.0 Å². The molecule has 3 rings (SSSR count). The van der Waals surface area contributed by atoms with Crippen molar-refractivity contribution in [3.05, 3.63) is 60.2 Å². The van der Waals surface area contributed by atoms with Crippen molar-refractivity contribution in [2.45, 2.75) is 179 Å². The van der Waals surface area contributed by atoms with Gasteiger partial charge in [-0.05, 0) is 43.0 Å². The molecule has 0 aromatic heterocycles. The largest absolute Gasteiger partial charge is 0.505 e. The molecule has 3 N–H and O–H groups in total. The zero-order chi connectivity index (χ0) is 36.6. The average Bonchev–Trinajstić information content (AvgIpc) is 3.13. The first-order valence-electron chi connectivity index (χ1n) is 20.5. The summed E-state index contributed by atoms with van der Waals surface area (Å²) in [7, 11) is -3.90. The molecule has 6 nitrogen and oxygen atoms in total. The number of aryl methyl sites for hydroxylation is 1. The summed E-state index contributed by atoms with van der Waals surface area (Å²) in [5.41, 5.74) is 1.66. The fraction of sp³-hybridized carbons (Fsp3) is 0.614. The fourth-order valence-corrected chi connectivity index (χ4v) is 7.98. The van der Waals surface area contributed by atoms with E-state index < -0.39 is 10.0 Å². The number of fused-ring (bicyclic) bond motifs is 1. The molecule has 0 saturated carbocycles. The second-order valence-electron chi connectivity index (χ2n) is 14.6. The zero-order valence-corrected chi connectivity index (χ0v) is 32.8. The van der Waals surface area contributed by atoms with E-state index in [1.807, 2.05) is 12.1 Å². The van der Waals surface area contributed by atoms with E-state index in [1.54, 1.807) is 36.4 Å². The van der Waals surface area contributed by atoms with Gasteiger partial charge >= 0.3 is 0 Å². The molecule has 3 aromatic carbocycles. The second kappa shape index (κ2) is 25.0.